The van der Waals surface area contributed by atoms with Gasteiger partial charge in [0.2, 0.25) is 5.91 Å². The van der Waals surface area contributed by atoms with E-state index in [1.54, 1.807) is 24.5 Å². The van der Waals surface area contributed by atoms with Crippen LogP contribution in [0.15, 0.2) is 41.4 Å². The Morgan fingerprint density at radius 2 is 1.95 bits per heavy atom. The van der Waals surface area contributed by atoms with Gasteiger partial charge in [0.25, 0.3) is 0 Å². The van der Waals surface area contributed by atoms with Crippen molar-refractivity contribution in [2.24, 2.45) is 11.3 Å². The van der Waals surface area contributed by atoms with Crippen molar-refractivity contribution in [1.82, 2.24) is 4.57 Å². The number of anilines is 1. The quantitative estimate of drug-likeness (QED) is 0.407. The highest BCUT2D eigenvalue weighted by atomic mass is 19.3. The van der Waals surface area contributed by atoms with Crippen molar-refractivity contribution in [3.05, 3.63) is 52.9 Å². The van der Waals surface area contributed by atoms with Crippen LogP contribution < -0.4 is 5.32 Å². The fourth-order valence-corrected chi connectivity index (χ4v) is 5.43. The van der Waals surface area contributed by atoms with Crippen LogP contribution >= 0.6 is 0 Å². The largest absolute Gasteiger partial charge is 0.585 e. The summed E-state index contributed by atoms with van der Waals surface area (Å²) in [7, 11) is 0. The number of aliphatic hydroxyl groups is 3. The van der Waals surface area contributed by atoms with Gasteiger partial charge in [-0.3, -0.25) is 4.79 Å². The van der Waals surface area contributed by atoms with E-state index < -0.39 is 41.6 Å². The molecule has 1 unspecified atom stereocenters. The van der Waals surface area contributed by atoms with Gasteiger partial charge in [-0.05, 0) is 42.5 Å². The Morgan fingerprint density at radius 3 is 2.58 bits per heavy atom. The summed E-state index contributed by atoms with van der Waals surface area (Å²) >= 11 is 0. The van der Waals surface area contributed by atoms with Crippen LogP contribution in [0.3, 0.4) is 0 Å². The van der Waals surface area contributed by atoms with Gasteiger partial charge in [0, 0.05) is 29.0 Å². The molecule has 8 nitrogen and oxygen atoms in total. The maximum atomic E-state index is 15.3. The number of aromatic nitrogens is 1. The number of nitrogens with one attached hydrogen (secondary N) is 1. The first-order valence-electron chi connectivity index (χ1n) is 12.6. The Bertz CT molecular complexity index is 1360. The van der Waals surface area contributed by atoms with E-state index in [9.17, 15) is 28.9 Å². The molecule has 38 heavy (non-hydrogen) atoms. The molecule has 1 aromatic heterocycles. The lowest BCUT2D eigenvalue weighted by atomic mass is 9.80. The Morgan fingerprint density at radius 1 is 1.24 bits per heavy atom. The molecule has 1 amide bonds. The standard InChI is InChI=1S/C27H31F3N2O6/c1-14-6-21-22(38-27(29,30)37-21)9-17(14)26(4-5-26)24(36)31-19-7-15-8-23(25(2,3)13-34)32(11-16(35)12-33)20(15)10-18(19)28/h7-10,14,16,33-35H,4-6,11-13H2,1-3H3,(H,31,36)/t14?,16-/m0/s1. The van der Waals surface area contributed by atoms with Gasteiger partial charge >= 0.3 is 6.29 Å². The zero-order chi connectivity index (χ0) is 27.6. The summed E-state index contributed by atoms with van der Waals surface area (Å²) < 4.78 is 53.3. The maximum Gasteiger partial charge on any atom is 0.585 e. The zero-order valence-electron chi connectivity index (χ0n) is 21.4. The van der Waals surface area contributed by atoms with Crippen LogP contribution in [-0.2, 0) is 26.2 Å². The lowest BCUT2D eigenvalue weighted by molar-refractivity contribution is -0.336. The number of carbonyl (C=O) groups excluding carboxylic acids is 1. The van der Waals surface area contributed by atoms with Gasteiger partial charge in [-0.25, -0.2) is 4.39 Å². The average molecular weight is 537 g/mol. The van der Waals surface area contributed by atoms with Gasteiger partial charge in [0.15, 0.2) is 5.76 Å². The Kier molecular flexibility index (Phi) is 6.32. The average Bonchev–Trinajstić information content (AvgIpc) is 3.50. The molecule has 2 aliphatic carbocycles. The summed E-state index contributed by atoms with van der Waals surface area (Å²) in [4.78, 5) is 13.5. The number of carbonyl (C=O) groups is 1. The third kappa shape index (κ3) is 4.46. The minimum Gasteiger partial charge on any atom is -0.400 e. The number of rotatable bonds is 8. The molecule has 2 heterocycles. The first-order valence-corrected chi connectivity index (χ1v) is 12.6. The van der Waals surface area contributed by atoms with Crippen molar-refractivity contribution in [3.8, 4) is 0 Å². The van der Waals surface area contributed by atoms with Crippen molar-refractivity contribution >= 4 is 22.5 Å². The highest BCUT2D eigenvalue weighted by Gasteiger charge is 2.56. The number of allylic oxidation sites excluding steroid dienone is 2. The smallest absolute Gasteiger partial charge is 0.400 e. The molecule has 4 N–H and O–H groups in total. The number of fused-ring (bicyclic) bond motifs is 1. The van der Waals surface area contributed by atoms with Crippen molar-refractivity contribution in [2.75, 3.05) is 18.5 Å². The Balaban J connectivity index is 1.46. The van der Waals surface area contributed by atoms with E-state index >= 15 is 4.39 Å². The van der Waals surface area contributed by atoms with Gasteiger partial charge in [-0.2, -0.15) is 0 Å². The van der Waals surface area contributed by atoms with Crippen molar-refractivity contribution in [3.63, 3.8) is 0 Å². The Labute approximate surface area is 217 Å². The molecule has 0 spiro atoms. The van der Waals surface area contributed by atoms with Gasteiger partial charge in [-0.15, -0.1) is 8.78 Å². The third-order valence-corrected chi connectivity index (χ3v) is 7.72. The summed E-state index contributed by atoms with van der Waals surface area (Å²) in [5.41, 5.74) is -0.0167. The molecule has 2 aromatic rings. The molecule has 0 bridgehead atoms. The van der Waals surface area contributed by atoms with Crippen LogP contribution in [-0.4, -0.2) is 51.4 Å². The predicted molar refractivity (Wildman–Crippen MR) is 131 cm³/mol. The fourth-order valence-electron chi connectivity index (χ4n) is 5.43. The van der Waals surface area contributed by atoms with E-state index in [0.717, 1.165) is 0 Å². The van der Waals surface area contributed by atoms with Gasteiger partial charge in [0.05, 0.1) is 42.5 Å². The van der Waals surface area contributed by atoms with Crippen LogP contribution in [0.1, 0.15) is 45.7 Å². The highest BCUT2D eigenvalue weighted by Crippen LogP contribution is 2.58. The summed E-state index contributed by atoms with van der Waals surface area (Å²) in [6, 6.07) is 4.50. The second-order valence-electron chi connectivity index (χ2n) is 11.1. The SMILES string of the molecule is CC1CC2=C(C=C1C1(C(=O)Nc3cc4cc(C(C)(C)CO)n(C[C@H](O)CO)c4cc3F)CC1)OC(F)(F)O2. The number of benzene rings is 1. The minimum atomic E-state index is -3.74. The van der Waals surface area contributed by atoms with Gasteiger partial charge < -0.3 is 34.7 Å². The monoisotopic (exact) mass is 536 g/mol. The van der Waals surface area contributed by atoms with E-state index in [1.807, 2.05) is 6.92 Å². The summed E-state index contributed by atoms with van der Waals surface area (Å²) in [5, 5.41) is 32.6. The minimum absolute atomic E-state index is 0.0122. The molecule has 2 atom stereocenters. The lowest BCUT2D eigenvalue weighted by Gasteiger charge is -2.27. The molecule has 3 aliphatic rings. The molecular weight excluding hydrogens is 505 g/mol. The van der Waals surface area contributed by atoms with E-state index in [2.05, 4.69) is 14.8 Å². The summed E-state index contributed by atoms with van der Waals surface area (Å²) in [6.45, 7) is 4.71. The van der Waals surface area contributed by atoms with E-state index in [-0.39, 0.29) is 42.7 Å². The number of aliphatic hydroxyl groups excluding tert-OH is 3. The highest BCUT2D eigenvalue weighted by molar-refractivity contribution is 6.01. The molecule has 1 aliphatic heterocycles. The first kappa shape index (κ1) is 26.6. The van der Waals surface area contributed by atoms with Crippen LogP contribution in [0.25, 0.3) is 10.9 Å². The number of halogens is 3. The molecular formula is C27H31F3N2O6. The number of hydrogen-bond acceptors (Lipinski definition) is 6. The van der Waals surface area contributed by atoms with Crippen molar-refractivity contribution < 1.29 is 42.8 Å². The predicted octanol–water partition coefficient (Wildman–Crippen LogP) is 3.90. The maximum absolute atomic E-state index is 15.3. The van der Waals surface area contributed by atoms with Gasteiger partial charge in [0.1, 0.15) is 11.6 Å². The van der Waals surface area contributed by atoms with Gasteiger partial charge in [-0.1, -0.05) is 20.8 Å². The molecule has 1 saturated carbocycles. The molecule has 1 fully saturated rings. The van der Waals surface area contributed by atoms with Crippen LogP contribution in [0, 0.1) is 17.2 Å². The van der Waals surface area contributed by atoms with E-state index in [0.29, 0.717) is 35.0 Å². The number of hydrogen-bond donors (Lipinski definition) is 4. The van der Waals surface area contributed by atoms with Crippen LogP contribution in [0.5, 0.6) is 0 Å². The van der Waals surface area contributed by atoms with Crippen LogP contribution in [0.4, 0.5) is 18.9 Å². The normalized spacial score (nSPS) is 22.4. The third-order valence-electron chi connectivity index (χ3n) is 7.72. The number of ether oxygens (including phenoxy) is 2. The van der Waals surface area contributed by atoms with E-state index in [4.69, 9.17) is 0 Å². The topological polar surface area (TPSA) is 113 Å². The molecule has 11 heteroatoms. The molecule has 1 aromatic carbocycles. The second-order valence-corrected chi connectivity index (χ2v) is 11.1. The molecule has 0 radical (unpaired) electrons. The molecule has 206 valence electrons. The summed E-state index contributed by atoms with van der Waals surface area (Å²) in [6.07, 6.45) is -2.23. The Hall–Kier alpha value is -3.02. The zero-order valence-corrected chi connectivity index (χ0v) is 21.4. The number of nitrogens with zero attached hydrogens (tertiary/aromatic N) is 1. The summed E-state index contributed by atoms with van der Waals surface area (Å²) in [5.74, 6) is -1.41. The van der Waals surface area contributed by atoms with Crippen molar-refractivity contribution in [2.45, 2.75) is 64.4 Å². The first-order chi connectivity index (χ1) is 17.8. The lowest BCUT2D eigenvalue weighted by Crippen LogP contribution is -2.30. The second kappa shape index (κ2) is 9.03. The molecule has 0 saturated heterocycles. The fraction of sp³-hybridized carbons (Fsp3) is 0.519. The molecule has 5 rings (SSSR count). The van der Waals surface area contributed by atoms with Crippen LogP contribution in [0.2, 0.25) is 0 Å². The number of amides is 1. The number of alkyl halides is 2. The van der Waals surface area contributed by atoms with E-state index in [1.165, 1.54) is 18.2 Å². The van der Waals surface area contributed by atoms with Crippen molar-refractivity contribution in [1.29, 1.82) is 0 Å².